The van der Waals surface area contributed by atoms with Gasteiger partial charge in [-0.15, -0.1) is 0 Å². The quantitative estimate of drug-likeness (QED) is 0.924. The molecule has 2 fully saturated rings. The topological polar surface area (TPSA) is 27.7 Å². The molecule has 1 N–H and O–H groups in total. The molecule has 3 aliphatic rings. The summed E-state index contributed by atoms with van der Waals surface area (Å²) in [5.41, 5.74) is 3.32. The minimum Gasteiger partial charge on any atom is -0.492 e. The van der Waals surface area contributed by atoms with Crippen molar-refractivity contribution in [3.05, 3.63) is 29.3 Å². The maximum Gasteiger partial charge on any atom is 0.123 e. The molecular formula is C19H29N3O. The first kappa shape index (κ1) is 15.4. The summed E-state index contributed by atoms with van der Waals surface area (Å²) in [5, 5.41) is 3.43. The Kier molecular flexibility index (Phi) is 4.31. The van der Waals surface area contributed by atoms with Crippen LogP contribution in [0.1, 0.15) is 30.9 Å². The zero-order valence-electron chi connectivity index (χ0n) is 14.3. The Morgan fingerprint density at radius 2 is 2.00 bits per heavy atom. The van der Waals surface area contributed by atoms with Crippen molar-refractivity contribution in [2.24, 2.45) is 5.41 Å². The summed E-state index contributed by atoms with van der Waals surface area (Å²) in [4.78, 5) is 5.28. The Balaban J connectivity index is 1.40. The molecule has 1 aromatic carbocycles. The van der Waals surface area contributed by atoms with Gasteiger partial charge >= 0.3 is 0 Å². The number of nitrogens with zero attached hydrogens (tertiary/aromatic N) is 2. The third-order valence-corrected chi connectivity index (χ3v) is 5.86. The van der Waals surface area contributed by atoms with Crippen LogP contribution in [-0.2, 0) is 13.1 Å². The average molecular weight is 315 g/mol. The summed E-state index contributed by atoms with van der Waals surface area (Å²) in [7, 11) is 0. The van der Waals surface area contributed by atoms with Gasteiger partial charge in [-0.1, -0.05) is 13.0 Å². The molecule has 4 nitrogen and oxygen atoms in total. The molecule has 0 saturated carbocycles. The second kappa shape index (κ2) is 6.42. The van der Waals surface area contributed by atoms with Gasteiger partial charge in [0.2, 0.25) is 0 Å². The molecule has 0 bridgehead atoms. The molecule has 0 aromatic heterocycles. The van der Waals surface area contributed by atoms with Crippen LogP contribution in [0.4, 0.5) is 0 Å². The van der Waals surface area contributed by atoms with E-state index in [1.165, 1.54) is 56.7 Å². The van der Waals surface area contributed by atoms with Crippen molar-refractivity contribution in [1.29, 1.82) is 0 Å². The first-order valence-corrected chi connectivity index (χ1v) is 9.16. The third kappa shape index (κ3) is 3.25. The number of likely N-dealkylation sites (tertiary alicyclic amines) is 2. The summed E-state index contributed by atoms with van der Waals surface area (Å²) < 4.78 is 5.79. The summed E-state index contributed by atoms with van der Waals surface area (Å²) in [6.45, 7) is 12.4. The third-order valence-electron chi connectivity index (χ3n) is 5.86. The second-order valence-corrected chi connectivity index (χ2v) is 7.55. The van der Waals surface area contributed by atoms with E-state index in [0.717, 1.165) is 32.0 Å². The maximum absolute atomic E-state index is 5.79. The molecule has 0 aliphatic carbocycles. The number of hydrogen-bond donors (Lipinski definition) is 1. The molecule has 1 spiro atoms. The molecule has 4 rings (SSSR count). The predicted octanol–water partition coefficient (Wildman–Crippen LogP) is 2.09. The normalized spacial score (nSPS) is 28.7. The van der Waals surface area contributed by atoms with E-state index < -0.39 is 0 Å². The molecule has 1 aromatic rings. The van der Waals surface area contributed by atoms with Gasteiger partial charge in [0.05, 0.1) is 0 Å². The average Bonchev–Trinajstić information content (AvgIpc) is 3.07. The Morgan fingerprint density at radius 1 is 1.17 bits per heavy atom. The van der Waals surface area contributed by atoms with Gasteiger partial charge < -0.3 is 15.0 Å². The number of nitrogens with one attached hydrogen (secondary N) is 1. The minimum atomic E-state index is 0.576. The van der Waals surface area contributed by atoms with Crippen LogP contribution in [0.2, 0.25) is 0 Å². The molecule has 126 valence electrons. The SMILES string of the molecule is CCN1CCC2(CCN(Cc3ccc4c(c3)CNCCO4)C2)C1. The van der Waals surface area contributed by atoms with Crippen molar-refractivity contribution in [2.45, 2.75) is 32.9 Å². The Bertz CT molecular complexity index is 562. The first-order chi connectivity index (χ1) is 11.3. The fourth-order valence-corrected chi connectivity index (χ4v) is 4.52. The van der Waals surface area contributed by atoms with Gasteiger partial charge in [-0.25, -0.2) is 0 Å². The largest absolute Gasteiger partial charge is 0.492 e. The minimum absolute atomic E-state index is 0.576. The van der Waals surface area contributed by atoms with Crippen LogP contribution in [0.25, 0.3) is 0 Å². The van der Waals surface area contributed by atoms with Crippen molar-refractivity contribution in [2.75, 3.05) is 45.9 Å². The lowest BCUT2D eigenvalue weighted by Gasteiger charge is -2.24. The summed E-state index contributed by atoms with van der Waals surface area (Å²) in [5.74, 6) is 1.06. The molecule has 0 radical (unpaired) electrons. The van der Waals surface area contributed by atoms with E-state index in [9.17, 15) is 0 Å². The van der Waals surface area contributed by atoms with E-state index in [1.807, 2.05) is 0 Å². The van der Waals surface area contributed by atoms with E-state index in [0.29, 0.717) is 5.41 Å². The van der Waals surface area contributed by atoms with E-state index >= 15 is 0 Å². The highest BCUT2D eigenvalue weighted by Crippen LogP contribution is 2.39. The molecule has 3 heterocycles. The van der Waals surface area contributed by atoms with Crippen molar-refractivity contribution in [3.8, 4) is 5.75 Å². The van der Waals surface area contributed by atoms with Gasteiger partial charge in [-0.3, -0.25) is 4.90 Å². The van der Waals surface area contributed by atoms with Crippen LogP contribution in [0.5, 0.6) is 5.75 Å². The van der Waals surface area contributed by atoms with Crippen molar-refractivity contribution < 1.29 is 4.74 Å². The Morgan fingerprint density at radius 3 is 2.83 bits per heavy atom. The smallest absolute Gasteiger partial charge is 0.123 e. The van der Waals surface area contributed by atoms with E-state index in [1.54, 1.807) is 0 Å². The first-order valence-electron chi connectivity index (χ1n) is 9.16. The number of benzene rings is 1. The molecule has 0 amide bonds. The van der Waals surface area contributed by atoms with Crippen LogP contribution in [-0.4, -0.2) is 55.7 Å². The van der Waals surface area contributed by atoms with Gasteiger partial charge in [0.1, 0.15) is 12.4 Å². The molecule has 2 saturated heterocycles. The maximum atomic E-state index is 5.79. The van der Waals surface area contributed by atoms with Crippen LogP contribution >= 0.6 is 0 Å². The van der Waals surface area contributed by atoms with Gasteiger partial charge in [-0.2, -0.15) is 0 Å². The highest BCUT2D eigenvalue weighted by atomic mass is 16.5. The standard InChI is InChI=1S/C19H29N3O/c1-2-21-8-5-19(14-21)6-9-22(15-19)13-16-3-4-18-17(11-16)12-20-7-10-23-18/h3-4,11,20H,2,5-10,12-15H2,1H3. The second-order valence-electron chi connectivity index (χ2n) is 7.55. The summed E-state index contributed by atoms with van der Waals surface area (Å²) >= 11 is 0. The molecule has 3 aliphatic heterocycles. The van der Waals surface area contributed by atoms with Crippen LogP contribution in [0.3, 0.4) is 0 Å². The number of hydrogen-bond acceptors (Lipinski definition) is 4. The summed E-state index contributed by atoms with van der Waals surface area (Å²) in [6.07, 6.45) is 2.76. The highest BCUT2D eigenvalue weighted by molar-refractivity contribution is 5.37. The van der Waals surface area contributed by atoms with Gasteiger partial charge in [0.25, 0.3) is 0 Å². The lowest BCUT2D eigenvalue weighted by atomic mass is 9.86. The van der Waals surface area contributed by atoms with Gasteiger partial charge in [0.15, 0.2) is 0 Å². The van der Waals surface area contributed by atoms with Crippen LogP contribution in [0, 0.1) is 5.41 Å². The predicted molar refractivity (Wildman–Crippen MR) is 92.7 cm³/mol. The highest BCUT2D eigenvalue weighted by Gasteiger charge is 2.42. The number of rotatable bonds is 3. The Labute approximate surface area is 139 Å². The van der Waals surface area contributed by atoms with Gasteiger partial charge in [-0.05, 0) is 55.6 Å². The molecular weight excluding hydrogens is 286 g/mol. The summed E-state index contributed by atoms with van der Waals surface area (Å²) in [6, 6.07) is 6.76. The molecule has 4 heteroatoms. The molecule has 23 heavy (non-hydrogen) atoms. The van der Waals surface area contributed by atoms with Gasteiger partial charge in [0, 0.05) is 38.3 Å². The number of ether oxygens (including phenoxy) is 1. The van der Waals surface area contributed by atoms with Crippen molar-refractivity contribution in [1.82, 2.24) is 15.1 Å². The lowest BCUT2D eigenvalue weighted by molar-refractivity contribution is 0.241. The van der Waals surface area contributed by atoms with Crippen molar-refractivity contribution in [3.63, 3.8) is 0 Å². The Hall–Kier alpha value is -1.10. The van der Waals surface area contributed by atoms with E-state index in [-0.39, 0.29) is 0 Å². The molecule has 1 atom stereocenters. The van der Waals surface area contributed by atoms with E-state index in [4.69, 9.17) is 4.74 Å². The number of fused-ring (bicyclic) bond motifs is 1. The molecule has 1 unspecified atom stereocenters. The van der Waals surface area contributed by atoms with Crippen LogP contribution < -0.4 is 10.1 Å². The van der Waals surface area contributed by atoms with E-state index in [2.05, 4.69) is 40.2 Å². The monoisotopic (exact) mass is 315 g/mol. The zero-order chi connectivity index (χ0) is 15.7. The fraction of sp³-hybridized carbons (Fsp3) is 0.684. The zero-order valence-corrected chi connectivity index (χ0v) is 14.3. The lowest BCUT2D eigenvalue weighted by Crippen LogP contribution is -2.30. The van der Waals surface area contributed by atoms with Crippen molar-refractivity contribution >= 4 is 0 Å². The van der Waals surface area contributed by atoms with Crippen LogP contribution in [0.15, 0.2) is 18.2 Å². The fourth-order valence-electron chi connectivity index (χ4n) is 4.52.